The monoisotopic (exact) mass is 570 g/mol. The smallest absolute Gasteiger partial charge is 0.406 e. The van der Waals surface area contributed by atoms with Crippen LogP contribution in [0, 0.1) is 0 Å². The van der Waals surface area contributed by atoms with Crippen LogP contribution in [-0.2, 0) is 17.6 Å². The molecule has 0 fully saturated rings. The molecule has 5 aromatic rings. The fraction of sp³-hybridized carbons (Fsp3) is 0.161. The number of nitrogens with zero attached hydrogens (tertiary/aromatic N) is 4. The average Bonchev–Trinajstić information content (AvgIpc) is 3.52. The highest BCUT2D eigenvalue weighted by Crippen LogP contribution is 2.40. The number of aromatic nitrogens is 4. The normalized spacial score (nSPS) is 13.0. The number of rotatable bonds is 7. The van der Waals surface area contributed by atoms with Gasteiger partial charge in [-0.25, -0.2) is 0 Å². The van der Waals surface area contributed by atoms with E-state index in [9.17, 15) is 18.0 Å². The Morgan fingerprint density at radius 2 is 1.69 bits per heavy atom. The minimum absolute atomic E-state index is 0.0357. The van der Waals surface area contributed by atoms with Crippen molar-refractivity contribution in [3.8, 4) is 28.3 Å². The third-order valence-electron chi connectivity index (χ3n) is 7.02. The lowest BCUT2D eigenvalue weighted by atomic mass is 9.96. The number of H-pyrrole nitrogens is 1. The molecule has 0 spiro atoms. The fourth-order valence-corrected chi connectivity index (χ4v) is 5.22. The summed E-state index contributed by atoms with van der Waals surface area (Å²) in [6, 6.07) is 27.1. The first-order valence-electron chi connectivity index (χ1n) is 13.3. The van der Waals surface area contributed by atoms with Gasteiger partial charge in [0.2, 0.25) is 11.7 Å². The Bertz CT molecular complexity index is 1710. The summed E-state index contributed by atoms with van der Waals surface area (Å²) >= 11 is 0. The largest absolute Gasteiger partial charge is 0.573 e. The lowest BCUT2D eigenvalue weighted by molar-refractivity contribution is -0.274. The molecule has 11 heteroatoms. The number of tetrazole rings is 1. The number of ether oxygens (including phenoxy) is 1. The van der Waals surface area contributed by atoms with Crippen molar-refractivity contribution < 1.29 is 22.7 Å². The minimum Gasteiger partial charge on any atom is -0.406 e. The summed E-state index contributed by atoms with van der Waals surface area (Å²) in [7, 11) is 0. The number of halogens is 3. The number of hydrogen-bond acceptors (Lipinski definition) is 6. The zero-order valence-electron chi connectivity index (χ0n) is 22.2. The maximum absolute atomic E-state index is 13.3. The summed E-state index contributed by atoms with van der Waals surface area (Å²) in [6.07, 6.45) is -2.89. The van der Waals surface area contributed by atoms with Gasteiger partial charge in [0.05, 0.1) is 17.8 Å². The molecule has 0 unspecified atom stereocenters. The Hall–Kier alpha value is -5.19. The van der Waals surface area contributed by atoms with Gasteiger partial charge in [-0.15, -0.1) is 23.4 Å². The Labute approximate surface area is 239 Å². The molecule has 0 aliphatic carbocycles. The Morgan fingerprint density at radius 1 is 0.929 bits per heavy atom. The molecule has 2 N–H and O–H groups in total. The summed E-state index contributed by atoms with van der Waals surface area (Å²) in [4.78, 5) is 15.5. The Morgan fingerprint density at radius 3 is 2.45 bits per heavy atom. The minimum atomic E-state index is -4.78. The van der Waals surface area contributed by atoms with Crippen molar-refractivity contribution >= 4 is 23.0 Å². The maximum Gasteiger partial charge on any atom is 0.573 e. The summed E-state index contributed by atoms with van der Waals surface area (Å²) in [6.45, 7) is 0.777. The van der Waals surface area contributed by atoms with Crippen LogP contribution in [0.15, 0.2) is 91.0 Å². The van der Waals surface area contributed by atoms with Crippen molar-refractivity contribution in [2.45, 2.75) is 25.6 Å². The molecule has 0 atom stereocenters. The van der Waals surface area contributed by atoms with Crippen molar-refractivity contribution in [1.82, 2.24) is 20.6 Å². The van der Waals surface area contributed by atoms with Crippen LogP contribution in [0.2, 0.25) is 0 Å². The highest BCUT2D eigenvalue weighted by molar-refractivity contribution is 5.98. The molecular formula is C31H25F3N6O2. The van der Waals surface area contributed by atoms with Crippen LogP contribution in [0.4, 0.5) is 30.2 Å². The first kappa shape index (κ1) is 27.0. The van der Waals surface area contributed by atoms with Crippen LogP contribution in [0.5, 0.6) is 5.75 Å². The number of alkyl halides is 3. The quantitative estimate of drug-likeness (QED) is 0.226. The van der Waals surface area contributed by atoms with Gasteiger partial charge >= 0.3 is 6.36 Å². The number of aryl methyl sites for hydroxylation is 1. The third-order valence-corrected chi connectivity index (χ3v) is 7.02. The summed E-state index contributed by atoms with van der Waals surface area (Å²) in [5, 5.41) is 17.5. The second kappa shape index (κ2) is 11.4. The lowest BCUT2D eigenvalue weighted by Gasteiger charge is -2.33. The van der Waals surface area contributed by atoms with E-state index in [0.717, 1.165) is 47.5 Å². The van der Waals surface area contributed by atoms with Gasteiger partial charge in [-0.3, -0.25) is 4.79 Å². The van der Waals surface area contributed by atoms with Crippen LogP contribution >= 0.6 is 0 Å². The lowest BCUT2D eigenvalue weighted by Crippen LogP contribution is -2.26. The van der Waals surface area contributed by atoms with Gasteiger partial charge < -0.3 is 15.0 Å². The summed E-state index contributed by atoms with van der Waals surface area (Å²) in [5.74, 6) is -0.205. The molecule has 212 valence electrons. The number of aromatic amines is 1. The number of carbonyl (C=O) groups excluding carboxylic acids is 1. The average molecular weight is 571 g/mol. The van der Waals surface area contributed by atoms with Crippen molar-refractivity contribution in [3.05, 3.63) is 102 Å². The second-order valence-electron chi connectivity index (χ2n) is 9.81. The summed E-state index contributed by atoms with van der Waals surface area (Å²) in [5.41, 5.74) is 6.78. The van der Waals surface area contributed by atoms with Gasteiger partial charge in [-0.05, 0) is 70.6 Å². The zero-order valence-corrected chi connectivity index (χ0v) is 22.2. The second-order valence-corrected chi connectivity index (χ2v) is 9.81. The number of carbonyl (C=O) groups is 1. The van der Waals surface area contributed by atoms with E-state index in [4.69, 9.17) is 0 Å². The number of benzene rings is 4. The Kier molecular flexibility index (Phi) is 7.30. The molecule has 2 heterocycles. The van der Waals surface area contributed by atoms with Gasteiger partial charge in [0.15, 0.2) is 0 Å². The van der Waals surface area contributed by atoms with Crippen molar-refractivity contribution in [2.75, 3.05) is 16.8 Å². The molecule has 1 amide bonds. The van der Waals surface area contributed by atoms with Crippen LogP contribution in [0.25, 0.3) is 22.5 Å². The van der Waals surface area contributed by atoms with Gasteiger partial charge in [-0.2, -0.15) is 5.21 Å². The zero-order chi connectivity index (χ0) is 29.1. The van der Waals surface area contributed by atoms with Crippen LogP contribution < -0.4 is 15.0 Å². The standard InChI is InChI=1S/C31H25F3N6O2/c32-31(33,34)42-23-14-11-20(12-15-23)18-29(41)35-26-19-22(24-8-2-3-9-25(24)30-36-38-39-37-30)13-16-28(26)40-17-5-7-21-6-1-4-10-27(21)40/h1-4,6,8-16,19H,5,7,17-18H2,(H,35,41)(H,36,37,38,39). The van der Waals surface area contributed by atoms with E-state index >= 15 is 0 Å². The molecule has 8 nitrogen and oxygen atoms in total. The van der Waals surface area contributed by atoms with Gasteiger partial charge in [-0.1, -0.05) is 60.7 Å². The molecule has 0 saturated carbocycles. The molecule has 1 aromatic heterocycles. The van der Waals surface area contributed by atoms with Crippen LogP contribution in [0.3, 0.4) is 0 Å². The van der Waals surface area contributed by atoms with Gasteiger partial charge in [0.25, 0.3) is 0 Å². The number of fused-ring (bicyclic) bond motifs is 1. The van der Waals surface area contributed by atoms with E-state index in [1.165, 1.54) is 29.8 Å². The fourth-order valence-electron chi connectivity index (χ4n) is 5.22. The van der Waals surface area contributed by atoms with E-state index in [1.807, 2.05) is 54.6 Å². The molecule has 1 aliphatic rings. The van der Waals surface area contributed by atoms with E-state index in [2.05, 4.69) is 47.7 Å². The number of nitrogens with one attached hydrogen (secondary N) is 2. The molecule has 1 aliphatic heterocycles. The van der Waals surface area contributed by atoms with Gasteiger partial charge in [0, 0.05) is 17.8 Å². The first-order chi connectivity index (χ1) is 20.3. The van der Waals surface area contributed by atoms with Crippen molar-refractivity contribution in [1.29, 1.82) is 0 Å². The molecule has 0 saturated heterocycles. The van der Waals surface area contributed by atoms with Gasteiger partial charge in [0.1, 0.15) is 5.75 Å². The van der Waals surface area contributed by atoms with Crippen molar-refractivity contribution in [2.24, 2.45) is 0 Å². The molecule has 0 radical (unpaired) electrons. The summed E-state index contributed by atoms with van der Waals surface area (Å²) < 4.78 is 41.5. The number of hydrogen-bond donors (Lipinski definition) is 2. The predicted molar refractivity (Wildman–Crippen MR) is 152 cm³/mol. The highest BCUT2D eigenvalue weighted by atomic mass is 19.4. The number of para-hydroxylation sites is 1. The molecule has 6 rings (SSSR count). The number of anilines is 3. The predicted octanol–water partition coefficient (Wildman–Crippen LogP) is 6.70. The SMILES string of the molecule is O=C(Cc1ccc(OC(F)(F)F)cc1)Nc1cc(-c2ccccc2-c2nn[nH]n2)ccc1N1CCCc2ccccc21. The van der Waals surface area contributed by atoms with E-state index in [-0.39, 0.29) is 18.1 Å². The van der Waals surface area contributed by atoms with Crippen LogP contribution in [0.1, 0.15) is 17.5 Å². The van der Waals surface area contributed by atoms with Crippen LogP contribution in [-0.4, -0.2) is 39.4 Å². The molecule has 4 aromatic carbocycles. The third kappa shape index (κ3) is 5.95. The van der Waals surface area contributed by atoms with E-state index in [1.54, 1.807) is 0 Å². The van der Waals surface area contributed by atoms with Crippen molar-refractivity contribution in [3.63, 3.8) is 0 Å². The van der Waals surface area contributed by atoms with E-state index < -0.39 is 6.36 Å². The Balaban J connectivity index is 1.34. The molecule has 42 heavy (non-hydrogen) atoms. The topological polar surface area (TPSA) is 96.0 Å². The highest BCUT2D eigenvalue weighted by Gasteiger charge is 2.31. The molecular weight excluding hydrogens is 545 g/mol. The van der Waals surface area contributed by atoms with E-state index in [0.29, 0.717) is 17.1 Å². The molecule has 0 bridgehead atoms. The first-order valence-corrected chi connectivity index (χ1v) is 13.3. The maximum atomic E-state index is 13.3. The number of amides is 1.